The van der Waals surface area contributed by atoms with Crippen LogP contribution in [0, 0.1) is 5.92 Å². The van der Waals surface area contributed by atoms with Crippen molar-refractivity contribution in [3.8, 4) is 11.1 Å². The van der Waals surface area contributed by atoms with Crippen molar-refractivity contribution >= 4 is 28.6 Å². The predicted molar refractivity (Wildman–Crippen MR) is 152 cm³/mol. The molecule has 2 amide bonds. The number of hydrogen-bond donors (Lipinski definition) is 0. The van der Waals surface area contributed by atoms with Gasteiger partial charge in [0.1, 0.15) is 17.5 Å². The molecule has 0 unspecified atom stereocenters. The third-order valence-corrected chi connectivity index (χ3v) is 8.86. The fourth-order valence-corrected chi connectivity index (χ4v) is 6.56. The van der Waals surface area contributed by atoms with Crippen molar-refractivity contribution in [3.05, 3.63) is 66.4 Å². The normalized spacial score (nSPS) is 24.3. The van der Waals surface area contributed by atoms with E-state index in [1.807, 2.05) is 22.1 Å². The molecule has 0 radical (unpaired) electrons. The number of ether oxygens (including phenoxy) is 2. The molecule has 40 heavy (non-hydrogen) atoms. The highest BCUT2D eigenvalue weighted by atomic mass is 16.5. The molecule has 4 aliphatic heterocycles. The van der Waals surface area contributed by atoms with Crippen molar-refractivity contribution < 1.29 is 19.1 Å². The molecule has 7 rings (SSSR count). The average Bonchev–Trinajstić information content (AvgIpc) is 3.76. The van der Waals surface area contributed by atoms with Crippen molar-refractivity contribution in [1.29, 1.82) is 0 Å². The first-order valence-corrected chi connectivity index (χ1v) is 14.5. The van der Waals surface area contributed by atoms with E-state index in [0.717, 1.165) is 52.7 Å². The van der Waals surface area contributed by atoms with Gasteiger partial charge in [0.15, 0.2) is 0 Å². The quantitative estimate of drug-likeness (QED) is 0.489. The SMILES string of the molecule is O=C([C@H]1CCCO1)N1CC[C@@H](CN2C(=O)C3(CCOCC3)N=C2c2ccc(-c3ccc4cccnc4c3)cc2)C1. The van der Waals surface area contributed by atoms with E-state index >= 15 is 0 Å². The Kier molecular flexibility index (Phi) is 6.60. The average molecular weight is 539 g/mol. The van der Waals surface area contributed by atoms with E-state index in [2.05, 4.69) is 53.5 Å². The van der Waals surface area contributed by atoms with Gasteiger partial charge in [0.2, 0.25) is 0 Å². The molecular formula is C32H34N4O4. The lowest BCUT2D eigenvalue weighted by molar-refractivity contribution is -0.139. The Bertz CT molecular complexity index is 1460. The van der Waals surface area contributed by atoms with Gasteiger partial charge >= 0.3 is 0 Å². The maximum absolute atomic E-state index is 13.9. The van der Waals surface area contributed by atoms with Crippen LogP contribution in [0.3, 0.4) is 0 Å². The first-order chi connectivity index (χ1) is 19.6. The zero-order valence-corrected chi connectivity index (χ0v) is 22.6. The highest BCUT2D eigenvalue weighted by Crippen LogP contribution is 2.36. The van der Waals surface area contributed by atoms with Crippen LogP contribution >= 0.6 is 0 Å². The number of hydrogen-bond acceptors (Lipinski definition) is 6. The number of benzene rings is 2. The highest BCUT2D eigenvalue weighted by Gasteiger charge is 2.50. The molecule has 2 atom stereocenters. The maximum atomic E-state index is 13.9. The minimum Gasteiger partial charge on any atom is -0.381 e. The Morgan fingerprint density at radius 3 is 2.58 bits per heavy atom. The first-order valence-electron chi connectivity index (χ1n) is 14.5. The van der Waals surface area contributed by atoms with Gasteiger partial charge < -0.3 is 14.4 Å². The van der Waals surface area contributed by atoms with E-state index in [-0.39, 0.29) is 23.8 Å². The lowest BCUT2D eigenvalue weighted by Gasteiger charge is -2.30. The van der Waals surface area contributed by atoms with Crippen molar-refractivity contribution in [3.63, 3.8) is 0 Å². The number of fused-ring (bicyclic) bond motifs is 1. The van der Waals surface area contributed by atoms with Gasteiger partial charge in [-0.25, -0.2) is 0 Å². The second-order valence-corrected chi connectivity index (χ2v) is 11.4. The number of amides is 2. The van der Waals surface area contributed by atoms with Gasteiger partial charge in [-0.2, -0.15) is 0 Å². The number of carbonyl (C=O) groups is 2. The van der Waals surface area contributed by atoms with E-state index in [1.165, 1.54) is 0 Å². The zero-order valence-electron chi connectivity index (χ0n) is 22.6. The van der Waals surface area contributed by atoms with Crippen LogP contribution in [0.25, 0.3) is 22.0 Å². The Hall–Kier alpha value is -3.62. The van der Waals surface area contributed by atoms with Gasteiger partial charge in [0, 0.05) is 69.4 Å². The summed E-state index contributed by atoms with van der Waals surface area (Å²) < 4.78 is 11.2. The van der Waals surface area contributed by atoms with E-state index < -0.39 is 5.54 Å². The first kappa shape index (κ1) is 25.4. The number of rotatable bonds is 5. The maximum Gasteiger partial charge on any atom is 0.256 e. The molecular weight excluding hydrogens is 504 g/mol. The van der Waals surface area contributed by atoms with E-state index in [4.69, 9.17) is 14.5 Å². The number of likely N-dealkylation sites (tertiary alicyclic amines) is 1. The van der Waals surface area contributed by atoms with Crippen LogP contribution in [-0.2, 0) is 19.1 Å². The predicted octanol–water partition coefficient (Wildman–Crippen LogP) is 4.07. The van der Waals surface area contributed by atoms with Crippen LogP contribution in [0.5, 0.6) is 0 Å². The van der Waals surface area contributed by atoms with E-state index in [1.54, 1.807) is 0 Å². The number of aliphatic imine (C=N–C) groups is 1. The second-order valence-electron chi connectivity index (χ2n) is 11.4. The number of carbonyl (C=O) groups excluding carboxylic acids is 2. The summed E-state index contributed by atoms with van der Waals surface area (Å²) in [5.74, 6) is 1.11. The van der Waals surface area contributed by atoms with Gasteiger partial charge in [-0.1, -0.05) is 42.5 Å². The molecule has 0 aliphatic carbocycles. The molecule has 206 valence electrons. The molecule has 3 saturated heterocycles. The Morgan fingerprint density at radius 1 is 0.975 bits per heavy atom. The molecule has 0 bridgehead atoms. The van der Waals surface area contributed by atoms with Crippen LogP contribution in [0.1, 0.15) is 37.7 Å². The van der Waals surface area contributed by atoms with Gasteiger partial charge in [-0.15, -0.1) is 0 Å². The van der Waals surface area contributed by atoms with Crippen LogP contribution in [0.2, 0.25) is 0 Å². The van der Waals surface area contributed by atoms with E-state index in [0.29, 0.717) is 52.3 Å². The second kappa shape index (κ2) is 10.4. The lowest BCUT2D eigenvalue weighted by atomic mass is 9.90. The molecule has 2 aromatic carbocycles. The molecule has 4 aliphatic rings. The van der Waals surface area contributed by atoms with Crippen molar-refractivity contribution in [2.24, 2.45) is 10.9 Å². The minimum absolute atomic E-state index is 0.0689. The van der Waals surface area contributed by atoms with Gasteiger partial charge in [0.25, 0.3) is 11.8 Å². The summed E-state index contributed by atoms with van der Waals surface area (Å²) in [6.07, 6.45) is 5.33. The highest BCUT2D eigenvalue weighted by molar-refractivity contribution is 6.15. The smallest absolute Gasteiger partial charge is 0.256 e. The summed E-state index contributed by atoms with van der Waals surface area (Å²) in [6, 6.07) is 18.6. The molecule has 3 fully saturated rings. The number of nitrogens with zero attached hydrogens (tertiary/aromatic N) is 4. The summed E-state index contributed by atoms with van der Waals surface area (Å²) >= 11 is 0. The van der Waals surface area contributed by atoms with Crippen molar-refractivity contribution in [1.82, 2.24) is 14.8 Å². The number of aromatic nitrogens is 1. The Balaban J connectivity index is 1.13. The molecule has 1 aromatic heterocycles. The monoisotopic (exact) mass is 538 g/mol. The van der Waals surface area contributed by atoms with Crippen molar-refractivity contribution in [2.45, 2.75) is 43.7 Å². The summed E-state index contributed by atoms with van der Waals surface area (Å²) in [6.45, 7) is 3.68. The molecule has 3 aromatic rings. The molecule has 8 heteroatoms. The Morgan fingerprint density at radius 2 is 1.77 bits per heavy atom. The third kappa shape index (κ3) is 4.59. The minimum atomic E-state index is -0.748. The zero-order chi connectivity index (χ0) is 27.1. The van der Waals surface area contributed by atoms with Crippen LogP contribution in [0.4, 0.5) is 0 Å². The number of pyridine rings is 1. The standard InChI is InChI=1S/C32H34N4O4/c37-30(28-4-2-16-40-28)35-15-11-22(20-35)21-36-29(34-32(31(36)38)12-17-39-18-13-32)25-8-5-23(6-9-25)26-10-7-24-3-1-14-33-27(24)19-26/h1,3,5-10,14,19,22,28H,2,4,11-13,15-18,20-21H2/t22-,28-/m1/s1. The lowest BCUT2D eigenvalue weighted by Crippen LogP contribution is -2.47. The van der Waals surface area contributed by atoms with Gasteiger partial charge in [-0.05, 0) is 48.4 Å². The van der Waals surface area contributed by atoms with Gasteiger partial charge in [0.05, 0.1) is 5.52 Å². The summed E-state index contributed by atoms with van der Waals surface area (Å²) in [5.41, 5.74) is 3.34. The van der Waals surface area contributed by atoms with Gasteiger partial charge in [-0.3, -0.25) is 24.5 Å². The molecule has 0 saturated carbocycles. The molecule has 0 N–H and O–H groups in total. The van der Waals surface area contributed by atoms with Crippen molar-refractivity contribution in [2.75, 3.05) is 39.5 Å². The molecule has 8 nitrogen and oxygen atoms in total. The topological polar surface area (TPSA) is 84.3 Å². The summed E-state index contributed by atoms with van der Waals surface area (Å²) in [4.78, 5) is 40.3. The van der Waals surface area contributed by atoms with Crippen LogP contribution in [0.15, 0.2) is 65.8 Å². The molecule has 1 spiro atoms. The van der Waals surface area contributed by atoms with Crippen LogP contribution < -0.4 is 0 Å². The Labute approximate surface area is 234 Å². The number of amidine groups is 1. The third-order valence-electron chi connectivity index (χ3n) is 8.86. The van der Waals surface area contributed by atoms with Crippen LogP contribution in [-0.4, -0.2) is 83.5 Å². The van der Waals surface area contributed by atoms with E-state index in [9.17, 15) is 9.59 Å². The largest absolute Gasteiger partial charge is 0.381 e. The molecule has 5 heterocycles. The fourth-order valence-electron chi connectivity index (χ4n) is 6.56. The summed E-state index contributed by atoms with van der Waals surface area (Å²) in [5, 5.41) is 1.11. The fraction of sp³-hybridized carbons (Fsp3) is 0.438. The summed E-state index contributed by atoms with van der Waals surface area (Å²) in [7, 11) is 0.